The zero-order valence-corrected chi connectivity index (χ0v) is 9.69. The molecule has 1 aromatic heterocycles. The number of benzene rings is 1. The van der Waals surface area contributed by atoms with Crippen LogP contribution in [0.15, 0.2) is 28.9 Å². The first-order valence-corrected chi connectivity index (χ1v) is 5.58. The Labute approximate surface area is 95.2 Å². The maximum Gasteiger partial charge on any atom is 0.175 e. The molecule has 0 aliphatic heterocycles. The summed E-state index contributed by atoms with van der Waals surface area (Å²) in [5.74, 6) is 0.802. The molecule has 2 rings (SSSR count). The van der Waals surface area contributed by atoms with Crippen LogP contribution >= 0.6 is 0 Å². The Kier molecular flexibility index (Phi) is 3.15. The standard InChI is InChI=1S/C13H17NO2/c1-9(2)16-12-5-3-4-11-10(6-7-14)8-15-13(11)12/h3-5,8-9H,6-7,14H2,1-2H3. The molecule has 0 bridgehead atoms. The Morgan fingerprint density at radius 2 is 2.19 bits per heavy atom. The third-order valence-corrected chi connectivity index (χ3v) is 2.42. The maximum absolute atomic E-state index is 5.69. The lowest BCUT2D eigenvalue weighted by Crippen LogP contribution is -2.05. The largest absolute Gasteiger partial charge is 0.487 e. The van der Waals surface area contributed by atoms with Gasteiger partial charge in [-0.05, 0) is 38.4 Å². The smallest absolute Gasteiger partial charge is 0.175 e. The Morgan fingerprint density at radius 1 is 1.38 bits per heavy atom. The Bertz CT molecular complexity index is 474. The predicted octanol–water partition coefficient (Wildman–Crippen LogP) is 2.72. The summed E-state index contributed by atoms with van der Waals surface area (Å²) in [7, 11) is 0. The number of hydrogen-bond donors (Lipinski definition) is 1. The van der Waals surface area contributed by atoms with Crippen LogP contribution in [0.1, 0.15) is 19.4 Å². The van der Waals surface area contributed by atoms with Crippen molar-refractivity contribution in [3.05, 3.63) is 30.0 Å². The van der Waals surface area contributed by atoms with Crippen LogP contribution in [0.3, 0.4) is 0 Å². The van der Waals surface area contributed by atoms with E-state index in [-0.39, 0.29) is 6.10 Å². The van der Waals surface area contributed by atoms with Crippen LogP contribution in [-0.2, 0) is 6.42 Å². The van der Waals surface area contributed by atoms with Gasteiger partial charge in [0.15, 0.2) is 11.3 Å². The second kappa shape index (κ2) is 4.58. The molecule has 0 spiro atoms. The van der Waals surface area contributed by atoms with Crippen LogP contribution in [0.25, 0.3) is 11.0 Å². The normalized spacial score (nSPS) is 11.2. The maximum atomic E-state index is 5.69. The molecule has 0 atom stereocenters. The van der Waals surface area contributed by atoms with Crippen molar-refractivity contribution >= 4 is 11.0 Å². The molecule has 0 amide bonds. The van der Waals surface area contributed by atoms with Gasteiger partial charge in [-0.25, -0.2) is 0 Å². The number of para-hydroxylation sites is 1. The number of fused-ring (bicyclic) bond motifs is 1. The van der Waals surface area contributed by atoms with E-state index in [2.05, 4.69) is 0 Å². The second-order valence-corrected chi connectivity index (χ2v) is 4.10. The third kappa shape index (κ3) is 2.04. The first-order valence-electron chi connectivity index (χ1n) is 5.58. The van der Waals surface area contributed by atoms with Crippen molar-refractivity contribution in [2.45, 2.75) is 26.4 Å². The molecule has 1 aromatic carbocycles. The summed E-state index contributed by atoms with van der Waals surface area (Å²) in [6.45, 7) is 4.63. The summed E-state index contributed by atoms with van der Waals surface area (Å²) in [5, 5.41) is 1.10. The molecule has 2 aromatic rings. The summed E-state index contributed by atoms with van der Waals surface area (Å²) in [6.07, 6.45) is 2.75. The molecule has 2 N–H and O–H groups in total. The number of hydrogen-bond acceptors (Lipinski definition) is 3. The predicted molar refractivity (Wildman–Crippen MR) is 64.7 cm³/mol. The zero-order valence-electron chi connectivity index (χ0n) is 9.69. The van der Waals surface area contributed by atoms with Crippen molar-refractivity contribution < 1.29 is 9.15 Å². The lowest BCUT2D eigenvalue weighted by Gasteiger charge is -2.09. The monoisotopic (exact) mass is 219 g/mol. The quantitative estimate of drug-likeness (QED) is 0.860. The van der Waals surface area contributed by atoms with E-state index in [1.54, 1.807) is 6.26 Å². The van der Waals surface area contributed by atoms with Gasteiger partial charge in [0, 0.05) is 5.39 Å². The fourth-order valence-corrected chi connectivity index (χ4v) is 1.78. The van der Waals surface area contributed by atoms with Crippen molar-refractivity contribution in [3.63, 3.8) is 0 Å². The number of furan rings is 1. The van der Waals surface area contributed by atoms with E-state index in [0.29, 0.717) is 6.54 Å². The summed E-state index contributed by atoms with van der Waals surface area (Å²) >= 11 is 0. The van der Waals surface area contributed by atoms with Crippen LogP contribution in [0.2, 0.25) is 0 Å². The minimum absolute atomic E-state index is 0.147. The van der Waals surface area contributed by atoms with E-state index < -0.39 is 0 Å². The Hall–Kier alpha value is -1.48. The highest BCUT2D eigenvalue weighted by Crippen LogP contribution is 2.30. The van der Waals surface area contributed by atoms with Gasteiger partial charge in [-0.3, -0.25) is 0 Å². The van der Waals surface area contributed by atoms with E-state index in [9.17, 15) is 0 Å². The average Bonchev–Trinajstić information content (AvgIpc) is 2.63. The average molecular weight is 219 g/mol. The van der Waals surface area contributed by atoms with Gasteiger partial charge in [0.1, 0.15) is 0 Å². The van der Waals surface area contributed by atoms with Crippen molar-refractivity contribution in [1.82, 2.24) is 0 Å². The van der Waals surface area contributed by atoms with Gasteiger partial charge in [-0.2, -0.15) is 0 Å². The lowest BCUT2D eigenvalue weighted by atomic mass is 10.1. The van der Waals surface area contributed by atoms with Gasteiger partial charge in [-0.1, -0.05) is 12.1 Å². The summed E-state index contributed by atoms with van der Waals surface area (Å²) in [4.78, 5) is 0. The highest BCUT2D eigenvalue weighted by Gasteiger charge is 2.10. The molecule has 0 radical (unpaired) electrons. The van der Waals surface area contributed by atoms with Crippen molar-refractivity contribution in [2.24, 2.45) is 5.73 Å². The van der Waals surface area contributed by atoms with E-state index in [1.165, 1.54) is 0 Å². The molecule has 0 fully saturated rings. The van der Waals surface area contributed by atoms with Crippen LogP contribution in [0.5, 0.6) is 5.75 Å². The van der Waals surface area contributed by atoms with Gasteiger partial charge in [0.25, 0.3) is 0 Å². The molecular formula is C13H17NO2. The molecule has 16 heavy (non-hydrogen) atoms. The molecule has 0 aliphatic carbocycles. The van der Waals surface area contributed by atoms with Crippen molar-refractivity contribution in [1.29, 1.82) is 0 Å². The molecule has 0 saturated heterocycles. The van der Waals surface area contributed by atoms with E-state index >= 15 is 0 Å². The van der Waals surface area contributed by atoms with Gasteiger partial charge in [0.2, 0.25) is 0 Å². The molecular weight excluding hydrogens is 202 g/mol. The van der Waals surface area contributed by atoms with Crippen molar-refractivity contribution in [3.8, 4) is 5.75 Å². The van der Waals surface area contributed by atoms with E-state index in [1.807, 2.05) is 32.0 Å². The lowest BCUT2D eigenvalue weighted by molar-refractivity contribution is 0.242. The van der Waals surface area contributed by atoms with E-state index in [4.69, 9.17) is 14.9 Å². The number of nitrogens with two attached hydrogens (primary N) is 1. The first-order chi connectivity index (χ1) is 7.72. The molecule has 3 nitrogen and oxygen atoms in total. The minimum atomic E-state index is 0.147. The Balaban J connectivity index is 2.44. The van der Waals surface area contributed by atoms with Crippen LogP contribution in [0.4, 0.5) is 0 Å². The van der Waals surface area contributed by atoms with Crippen LogP contribution in [0, 0.1) is 0 Å². The molecule has 0 aliphatic rings. The van der Waals surface area contributed by atoms with Gasteiger partial charge >= 0.3 is 0 Å². The van der Waals surface area contributed by atoms with E-state index in [0.717, 1.165) is 28.7 Å². The fraction of sp³-hybridized carbons (Fsp3) is 0.385. The molecule has 1 heterocycles. The molecule has 86 valence electrons. The highest BCUT2D eigenvalue weighted by atomic mass is 16.5. The summed E-state index contributed by atoms with van der Waals surface area (Å²) in [5.41, 5.74) is 7.52. The fourth-order valence-electron chi connectivity index (χ4n) is 1.78. The third-order valence-electron chi connectivity index (χ3n) is 2.42. The topological polar surface area (TPSA) is 48.4 Å². The van der Waals surface area contributed by atoms with Crippen molar-refractivity contribution in [2.75, 3.05) is 6.54 Å². The number of ether oxygens (including phenoxy) is 1. The van der Waals surface area contributed by atoms with Crippen LogP contribution in [-0.4, -0.2) is 12.6 Å². The summed E-state index contributed by atoms with van der Waals surface area (Å²) in [6, 6.07) is 5.95. The highest BCUT2D eigenvalue weighted by molar-refractivity contribution is 5.86. The second-order valence-electron chi connectivity index (χ2n) is 4.10. The van der Waals surface area contributed by atoms with Gasteiger partial charge in [-0.15, -0.1) is 0 Å². The first kappa shape index (κ1) is 11.0. The Morgan fingerprint density at radius 3 is 2.88 bits per heavy atom. The van der Waals surface area contributed by atoms with Crippen LogP contribution < -0.4 is 10.5 Å². The molecule has 0 saturated carbocycles. The molecule has 3 heteroatoms. The zero-order chi connectivity index (χ0) is 11.5. The summed E-state index contributed by atoms with van der Waals surface area (Å²) < 4.78 is 11.2. The minimum Gasteiger partial charge on any atom is -0.487 e. The number of rotatable bonds is 4. The molecule has 0 unspecified atom stereocenters. The van der Waals surface area contributed by atoms with Gasteiger partial charge in [0.05, 0.1) is 12.4 Å². The van der Waals surface area contributed by atoms with Gasteiger partial charge < -0.3 is 14.9 Å². The SMILES string of the molecule is CC(C)Oc1cccc2c(CCN)coc12.